The molecule has 0 saturated heterocycles. The Bertz CT molecular complexity index is 922. The van der Waals surface area contributed by atoms with E-state index in [1.165, 1.54) is 0 Å². The lowest BCUT2D eigenvalue weighted by atomic mass is 10.1. The summed E-state index contributed by atoms with van der Waals surface area (Å²) in [5.41, 5.74) is 2.43. The van der Waals surface area contributed by atoms with Crippen LogP contribution in [0.25, 0.3) is 0 Å². The summed E-state index contributed by atoms with van der Waals surface area (Å²) in [6.07, 6.45) is -0.0528. The van der Waals surface area contributed by atoms with Gasteiger partial charge in [-0.1, -0.05) is 12.1 Å². The summed E-state index contributed by atoms with van der Waals surface area (Å²) in [6.45, 7) is 2.55. The molecule has 140 valence electrons. The quantitative estimate of drug-likeness (QED) is 0.759. The Morgan fingerprint density at radius 1 is 1.31 bits per heavy atom. The molecule has 0 aliphatic carbocycles. The van der Waals surface area contributed by atoms with E-state index in [-0.39, 0.29) is 11.3 Å². The van der Waals surface area contributed by atoms with Crippen molar-refractivity contribution in [2.24, 2.45) is 0 Å². The van der Waals surface area contributed by atoms with Crippen molar-refractivity contribution >= 4 is 15.8 Å². The van der Waals surface area contributed by atoms with Crippen LogP contribution < -0.4 is 0 Å². The second-order valence-electron chi connectivity index (χ2n) is 6.61. The molecule has 0 saturated carbocycles. The van der Waals surface area contributed by atoms with Gasteiger partial charge < -0.3 is 10.2 Å². The van der Waals surface area contributed by atoms with E-state index in [2.05, 4.69) is 10.00 Å². The van der Waals surface area contributed by atoms with Crippen LogP contribution in [0.3, 0.4) is 0 Å². The van der Waals surface area contributed by atoms with E-state index in [0.717, 1.165) is 24.1 Å². The lowest BCUT2D eigenvalue weighted by Crippen LogP contribution is -2.33. The van der Waals surface area contributed by atoms with Crippen LogP contribution in [-0.2, 0) is 29.5 Å². The van der Waals surface area contributed by atoms with E-state index in [9.17, 15) is 18.3 Å². The van der Waals surface area contributed by atoms with Crippen molar-refractivity contribution in [3.05, 3.63) is 52.8 Å². The summed E-state index contributed by atoms with van der Waals surface area (Å²) in [5.74, 6) is -1.30. The number of sulfone groups is 1. The minimum absolute atomic E-state index is 0.260. The molecule has 2 heterocycles. The van der Waals surface area contributed by atoms with Crippen LogP contribution in [0.1, 0.15) is 33.4 Å². The van der Waals surface area contributed by atoms with Gasteiger partial charge in [0.1, 0.15) is 15.9 Å². The van der Waals surface area contributed by atoms with Crippen LogP contribution in [0.15, 0.2) is 30.3 Å². The standard InChI is InChI=1S/C17H21N3O5S/c1-26(24,25)11-16(21)15-8-14-10-19(5-6-20(14)18-15)9-12-3-2-4-13(7-12)17(22)23/h2-4,7-8,16,21H,5-6,9-11H2,1H3,(H,22,23)/t16-/m1/s1. The number of aliphatic hydroxyl groups is 1. The van der Waals surface area contributed by atoms with Gasteiger partial charge >= 0.3 is 5.97 Å². The maximum Gasteiger partial charge on any atom is 0.335 e. The molecular weight excluding hydrogens is 358 g/mol. The number of benzene rings is 1. The van der Waals surface area contributed by atoms with Crippen molar-refractivity contribution in [1.29, 1.82) is 0 Å². The number of aromatic carboxylic acids is 1. The van der Waals surface area contributed by atoms with E-state index in [0.29, 0.717) is 25.3 Å². The average Bonchev–Trinajstić information content (AvgIpc) is 2.97. The zero-order valence-electron chi connectivity index (χ0n) is 14.4. The molecule has 2 N–H and O–H groups in total. The normalized spacial score (nSPS) is 16.2. The van der Waals surface area contributed by atoms with Gasteiger partial charge in [0.15, 0.2) is 0 Å². The van der Waals surface area contributed by atoms with Crippen molar-refractivity contribution in [3.63, 3.8) is 0 Å². The first kappa shape index (κ1) is 18.6. The summed E-state index contributed by atoms with van der Waals surface area (Å²) in [6, 6.07) is 8.57. The van der Waals surface area contributed by atoms with E-state index in [1.807, 2.05) is 6.07 Å². The molecule has 8 nitrogen and oxygen atoms in total. The molecule has 9 heteroatoms. The first-order chi connectivity index (χ1) is 12.2. The fourth-order valence-electron chi connectivity index (χ4n) is 3.07. The predicted molar refractivity (Wildman–Crippen MR) is 94.4 cm³/mol. The van der Waals surface area contributed by atoms with Crippen LogP contribution in [0, 0.1) is 0 Å². The van der Waals surface area contributed by atoms with Gasteiger partial charge in [-0.25, -0.2) is 13.2 Å². The van der Waals surface area contributed by atoms with Gasteiger partial charge in [-0.2, -0.15) is 5.10 Å². The molecule has 0 amide bonds. The zero-order valence-corrected chi connectivity index (χ0v) is 15.2. The number of carbonyl (C=O) groups is 1. The number of aliphatic hydroxyl groups excluding tert-OH is 1. The molecule has 0 fully saturated rings. The van der Waals surface area contributed by atoms with Gasteiger partial charge in [0.25, 0.3) is 0 Å². The summed E-state index contributed by atoms with van der Waals surface area (Å²) in [7, 11) is -3.29. The monoisotopic (exact) mass is 379 g/mol. The highest BCUT2D eigenvalue weighted by Crippen LogP contribution is 2.20. The molecule has 0 unspecified atom stereocenters. The van der Waals surface area contributed by atoms with Crippen LogP contribution in [0.4, 0.5) is 0 Å². The van der Waals surface area contributed by atoms with Gasteiger partial charge in [0, 0.05) is 25.9 Å². The number of hydrogen-bond donors (Lipinski definition) is 2. The summed E-state index contributed by atoms with van der Waals surface area (Å²) in [5, 5.41) is 23.5. The molecule has 1 aromatic carbocycles. The minimum Gasteiger partial charge on any atom is -0.478 e. The Morgan fingerprint density at radius 3 is 2.77 bits per heavy atom. The highest BCUT2D eigenvalue weighted by molar-refractivity contribution is 7.90. The number of rotatable bonds is 6. The molecule has 1 atom stereocenters. The summed E-state index contributed by atoms with van der Waals surface area (Å²) >= 11 is 0. The van der Waals surface area contributed by atoms with Crippen molar-refractivity contribution < 1.29 is 23.4 Å². The Labute approximate surface area is 151 Å². The molecule has 1 aliphatic heterocycles. The average molecular weight is 379 g/mol. The fraction of sp³-hybridized carbons (Fsp3) is 0.412. The molecule has 1 aliphatic rings. The Balaban J connectivity index is 1.70. The smallest absolute Gasteiger partial charge is 0.335 e. The first-order valence-corrected chi connectivity index (χ1v) is 10.2. The van der Waals surface area contributed by atoms with Crippen LogP contribution >= 0.6 is 0 Å². The second kappa shape index (κ2) is 7.18. The number of carboxylic acid groups (broad SMARTS) is 1. The van der Waals surface area contributed by atoms with Crippen molar-refractivity contribution in [2.75, 3.05) is 18.6 Å². The van der Waals surface area contributed by atoms with Gasteiger partial charge in [0.05, 0.1) is 29.2 Å². The molecule has 2 aromatic rings. The van der Waals surface area contributed by atoms with Crippen LogP contribution in [-0.4, -0.2) is 57.8 Å². The number of hydrogen-bond acceptors (Lipinski definition) is 6. The Morgan fingerprint density at radius 2 is 2.08 bits per heavy atom. The Hall–Kier alpha value is -2.23. The molecule has 0 bridgehead atoms. The Kier molecular flexibility index (Phi) is 5.12. The third-order valence-electron chi connectivity index (χ3n) is 4.28. The van der Waals surface area contributed by atoms with E-state index < -0.39 is 21.9 Å². The highest BCUT2D eigenvalue weighted by Gasteiger charge is 2.23. The number of aromatic nitrogens is 2. The number of carboxylic acids is 1. The van der Waals surface area contributed by atoms with E-state index >= 15 is 0 Å². The number of nitrogens with zero attached hydrogens (tertiary/aromatic N) is 3. The minimum atomic E-state index is -3.29. The van der Waals surface area contributed by atoms with Gasteiger partial charge in [-0.05, 0) is 23.8 Å². The first-order valence-electron chi connectivity index (χ1n) is 8.18. The highest BCUT2D eigenvalue weighted by atomic mass is 32.2. The van der Waals surface area contributed by atoms with Gasteiger partial charge in [0.2, 0.25) is 0 Å². The lowest BCUT2D eigenvalue weighted by Gasteiger charge is -2.27. The molecule has 26 heavy (non-hydrogen) atoms. The largest absolute Gasteiger partial charge is 0.478 e. The molecule has 3 rings (SSSR count). The van der Waals surface area contributed by atoms with E-state index in [1.54, 1.807) is 28.9 Å². The topological polar surface area (TPSA) is 113 Å². The molecule has 0 radical (unpaired) electrons. The van der Waals surface area contributed by atoms with Crippen LogP contribution in [0.2, 0.25) is 0 Å². The molecule has 1 aromatic heterocycles. The van der Waals surface area contributed by atoms with E-state index in [4.69, 9.17) is 5.11 Å². The number of fused-ring (bicyclic) bond motifs is 1. The second-order valence-corrected chi connectivity index (χ2v) is 8.79. The SMILES string of the molecule is CS(=O)(=O)C[C@@H](O)c1cc2n(n1)CCN(Cc1cccc(C(=O)O)c1)C2. The summed E-state index contributed by atoms with van der Waals surface area (Å²) < 4.78 is 24.5. The van der Waals surface area contributed by atoms with Gasteiger partial charge in [-0.3, -0.25) is 9.58 Å². The van der Waals surface area contributed by atoms with Crippen molar-refractivity contribution in [1.82, 2.24) is 14.7 Å². The maximum absolute atomic E-state index is 11.3. The fourth-order valence-corrected chi connectivity index (χ4v) is 3.82. The van der Waals surface area contributed by atoms with Crippen molar-refractivity contribution in [3.8, 4) is 0 Å². The van der Waals surface area contributed by atoms with Crippen molar-refractivity contribution in [2.45, 2.75) is 25.7 Å². The third kappa shape index (κ3) is 4.48. The molecular formula is C17H21N3O5S. The third-order valence-corrected chi connectivity index (χ3v) is 5.20. The molecule has 0 spiro atoms. The predicted octanol–water partition coefficient (Wildman–Crippen LogP) is 0.675. The zero-order chi connectivity index (χ0) is 18.9. The maximum atomic E-state index is 11.3. The van der Waals surface area contributed by atoms with Gasteiger partial charge in [-0.15, -0.1) is 0 Å². The summed E-state index contributed by atoms with van der Waals surface area (Å²) in [4.78, 5) is 13.2. The lowest BCUT2D eigenvalue weighted by molar-refractivity contribution is 0.0696. The van der Waals surface area contributed by atoms with Crippen LogP contribution in [0.5, 0.6) is 0 Å².